The lowest BCUT2D eigenvalue weighted by atomic mass is 10.1. The van der Waals surface area contributed by atoms with Crippen LogP contribution in [0.2, 0.25) is 0 Å². The molecule has 1 amide bonds. The van der Waals surface area contributed by atoms with Crippen molar-refractivity contribution in [3.63, 3.8) is 0 Å². The van der Waals surface area contributed by atoms with E-state index in [1.807, 2.05) is 6.92 Å². The minimum atomic E-state index is -1.05. The number of carboxylic acids is 1. The number of likely N-dealkylation sites (N-methyl/N-ethyl adjacent to an activating group) is 1. The molecule has 0 radical (unpaired) electrons. The van der Waals surface area contributed by atoms with Crippen molar-refractivity contribution < 1.29 is 14.7 Å². The van der Waals surface area contributed by atoms with Crippen LogP contribution in [0, 0.1) is 0 Å². The van der Waals surface area contributed by atoms with E-state index in [0.717, 1.165) is 6.42 Å². The molecule has 0 aliphatic rings. The maximum absolute atomic E-state index is 11.9. The Kier molecular flexibility index (Phi) is 5.37. The molecule has 0 unspecified atom stereocenters. The number of rotatable bonds is 6. The van der Waals surface area contributed by atoms with Crippen molar-refractivity contribution in [1.29, 1.82) is 0 Å². The number of anilines is 2. The number of nitrogens with zero attached hydrogens (tertiary/aromatic N) is 2. The third kappa shape index (κ3) is 3.63. The first-order chi connectivity index (χ1) is 9.38. The third-order valence-corrected chi connectivity index (χ3v) is 2.93. The molecule has 0 saturated heterocycles. The summed E-state index contributed by atoms with van der Waals surface area (Å²) in [6, 6.07) is 4.74. The second-order valence-electron chi connectivity index (χ2n) is 4.76. The summed E-state index contributed by atoms with van der Waals surface area (Å²) < 4.78 is 0. The van der Waals surface area contributed by atoms with Crippen molar-refractivity contribution in [1.82, 2.24) is 4.90 Å². The number of para-hydroxylation sites is 1. The minimum absolute atomic E-state index is 0.0990. The number of carbonyl (C=O) groups is 2. The van der Waals surface area contributed by atoms with Gasteiger partial charge >= 0.3 is 5.97 Å². The lowest BCUT2D eigenvalue weighted by Crippen LogP contribution is -2.38. The first-order valence-corrected chi connectivity index (χ1v) is 6.45. The van der Waals surface area contributed by atoms with Gasteiger partial charge in [-0.3, -0.25) is 4.79 Å². The first kappa shape index (κ1) is 15.8. The molecular formula is C14H21N3O3. The largest absolute Gasteiger partial charge is 0.478 e. The van der Waals surface area contributed by atoms with Gasteiger partial charge in [0.2, 0.25) is 5.91 Å². The Balaban J connectivity index is 3.20. The quantitative estimate of drug-likeness (QED) is 0.766. The van der Waals surface area contributed by atoms with Crippen molar-refractivity contribution in [2.24, 2.45) is 0 Å². The highest BCUT2D eigenvalue weighted by molar-refractivity contribution is 5.99. The number of nitrogens with two attached hydrogens (primary N) is 1. The van der Waals surface area contributed by atoms with Crippen LogP contribution in [0.15, 0.2) is 18.2 Å². The lowest BCUT2D eigenvalue weighted by molar-refractivity contribution is -0.127. The zero-order valence-corrected chi connectivity index (χ0v) is 12.1. The fourth-order valence-electron chi connectivity index (χ4n) is 1.93. The van der Waals surface area contributed by atoms with Gasteiger partial charge in [-0.1, -0.05) is 13.0 Å². The number of carboxylic acid groups (broad SMARTS) is 1. The van der Waals surface area contributed by atoms with Crippen LogP contribution >= 0.6 is 0 Å². The Labute approximate surface area is 118 Å². The zero-order valence-electron chi connectivity index (χ0n) is 12.1. The van der Waals surface area contributed by atoms with E-state index in [1.54, 1.807) is 31.1 Å². The van der Waals surface area contributed by atoms with Gasteiger partial charge < -0.3 is 20.6 Å². The summed E-state index contributed by atoms with van der Waals surface area (Å²) in [6.45, 7) is 2.64. The van der Waals surface area contributed by atoms with Gasteiger partial charge in [0.15, 0.2) is 0 Å². The van der Waals surface area contributed by atoms with Crippen LogP contribution in [0.4, 0.5) is 11.4 Å². The van der Waals surface area contributed by atoms with Gasteiger partial charge in [0.05, 0.1) is 23.5 Å². The summed E-state index contributed by atoms with van der Waals surface area (Å²) >= 11 is 0. The molecule has 1 rings (SSSR count). The molecule has 1 aromatic carbocycles. The normalized spacial score (nSPS) is 10.2. The first-order valence-electron chi connectivity index (χ1n) is 6.45. The fourth-order valence-corrected chi connectivity index (χ4v) is 1.93. The van der Waals surface area contributed by atoms with Crippen LogP contribution in [-0.2, 0) is 4.79 Å². The van der Waals surface area contributed by atoms with Crippen LogP contribution in [0.5, 0.6) is 0 Å². The molecule has 6 heteroatoms. The predicted octanol–water partition coefficient (Wildman–Crippen LogP) is 1.27. The van der Waals surface area contributed by atoms with E-state index < -0.39 is 5.97 Å². The molecular weight excluding hydrogens is 258 g/mol. The number of nitrogen functional groups attached to an aromatic ring is 1. The highest BCUT2D eigenvalue weighted by Crippen LogP contribution is 2.28. The van der Waals surface area contributed by atoms with Gasteiger partial charge in [-0.05, 0) is 18.6 Å². The molecule has 0 aromatic heterocycles. The van der Waals surface area contributed by atoms with Gasteiger partial charge in [0.1, 0.15) is 0 Å². The van der Waals surface area contributed by atoms with E-state index in [9.17, 15) is 14.7 Å². The van der Waals surface area contributed by atoms with E-state index in [1.165, 1.54) is 11.0 Å². The van der Waals surface area contributed by atoms with Gasteiger partial charge in [0.25, 0.3) is 0 Å². The van der Waals surface area contributed by atoms with E-state index in [-0.39, 0.29) is 18.0 Å². The molecule has 0 bridgehead atoms. The Hall–Kier alpha value is -2.24. The average molecular weight is 279 g/mol. The predicted molar refractivity (Wildman–Crippen MR) is 79.0 cm³/mol. The highest BCUT2D eigenvalue weighted by atomic mass is 16.4. The number of benzene rings is 1. The molecule has 0 saturated carbocycles. The molecule has 110 valence electrons. The number of hydrogen-bond acceptors (Lipinski definition) is 4. The molecule has 6 nitrogen and oxygen atoms in total. The van der Waals surface area contributed by atoms with Crippen molar-refractivity contribution in [3.8, 4) is 0 Å². The van der Waals surface area contributed by atoms with Crippen LogP contribution in [-0.4, -0.2) is 49.1 Å². The van der Waals surface area contributed by atoms with Crippen LogP contribution in [0.3, 0.4) is 0 Å². The molecule has 0 aliphatic heterocycles. The number of aromatic carboxylic acids is 1. The lowest BCUT2D eigenvalue weighted by Gasteiger charge is -2.27. The summed E-state index contributed by atoms with van der Waals surface area (Å²) in [5.41, 5.74) is 6.81. The smallest absolute Gasteiger partial charge is 0.337 e. The average Bonchev–Trinajstić information content (AvgIpc) is 2.37. The molecule has 0 atom stereocenters. The topological polar surface area (TPSA) is 86.9 Å². The van der Waals surface area contributed by atoms with E-state index >= 15 is 0 Å². The molecule has 0 aliphatic carbocycles. The SMILES string of the molecule is CCCN(CC(=O)N(C)C)c1c(N)cccc1C(=O)O. The van der Waals surface area contributed by atoms with E-state index in [4.69, 9.17) is 5.73 Å². The Morgan fingerprint density at radius 2 is 1.95 bits per heavy atom. The summed E-state index contributed by atoms with van der Waals surface area (Å²) in [4.78, 5) is 26.4. The second kappa shape index (κ2) is 6.79. The summed E-state index contributed by atoms with van der Waals surface area (Å²) in [7, 11) is 3.33. The Morgan fingerprint density at radius 3 is 2.45 bits per heavy atom. The highest BCUT2D eigenvalue weighted by Gasteiger charge is 2.20. The zero-order chi connectivity index (χ0) is 15.3. The summed E-state index contributed by atoms with van der Waals surface area (Å²) in [5.74, 6) is -1.15. The van der Waals surface area contributed by atoms with Gasteiger partial charge in [-0.25, -0.2) is 4.79 Å². The van der Waals surface area contributed by atoms with Crippen molar-refractivity contribution in [3.05, 3.63) is 23.8 Å². The Bertz CT molecular complexity index is 500. The summed E-state index contributed by atoms with van der Waals surface area (Å²) in [5, 5.41) is 9.27. The monoisotopic (exact) mass is 279 g/mol. The van der Waals surface area contributed by atoms with Crippen LogP contribution in [0.25, 0.3) is 0 Å². The molecule has 20 heavy (non-hydrogen) atoms. The standard InChI is InChI=1S/C14H21N3O3/c1-4-8-17(9-12(18)16(2)3)13-10(14(19)20)6-5-7-11(13)15/h5-7H,4,8-9,15H2,1-3H3,(H,19,20). The number of carbonyl (C=O) groups excluding carboxylic acids is 1. The van der Waals surface area contributed by atoms with Crippen LogP contribution in [0.1, 0.15) is 23.7 Å². The maximum atomic E-state index is 11.9. The minimum Gasteiger partial charge on any atom is -0.478 e. The molecule has 0 heterocycles. The van der Waals surface area contributed by atoms with Crippen molar-refractivity contribution >= 4 is 23.3 Å². The van der Waals surface area contributed by atoms with Gasteiger partial charge in [0, 0.05) is 20.6 Å². The fraction of sp³-hybridized carbons (Fsp3) is 0.429. The molecule has 1 aromatic rings. The summed E-state index contributed by atoms with van der Waals surface area (Å²) in [6.07, 6.45) is 0.786. The van der Waals surface area contributed by atoms with E-state index in [0.29, 0.717) is 17.9 Å². The Morgan fingerprint density at radius 1 is 1.30 bits per heavy atom. The van der Waals surface area contributed by atoms with Crippen LogP contribution < -0.4 is 10.6 Å². The van der Waals surface area contributed by atoms with Crippen molar-refractivity contribution in [2.75, 3.05) is 37.8 Å². The van der Waals surface area contributed by atoms with E-state index in [2.05, 4.69) is 0 Å². The molecule has 0 spiro atoms. The number of amides is 1. The maximum Gasteiger partial charge on any atom is 0.337 e. The molecule has 3 N–H and O–H groups in total. The van der Waals surface area contributed by atoms with Crippen molar-refractivity contribution in [2.45, 2.75) is 13.3 Å². The third-order valence-electron chi connectivity index (χ3n) is 2.93. The molecule has 0 fully saturated rings. The van der Waals surface area contributed by atoms with Gasteiger partial charge in [-0.2, -0.15) is 0 Å². The number of hydrogen-bond donors (Lipinski definition) is 2. The van der Waals surface area contributed by atoms with Gasteiger partial charge in [-0.15, -0.1) is 0 Å². The second-order valence-corrected chi connectivity index (χ2v) is 4.76.